The van der Waals surface area contributed by atoms with Crippen LogP contribution in [0.5, 0.6) is 0 Å². The van der Waals surface area contributed by atoms with Gasteiger partial charge in [-0.2, -0.15) is 0 Å². The quantitative estimate of drug-likeness (QED) is 0.569. The number of aryl methyl sites for hydroxylation is 1. The molecule has 0 unspecified atom stereocenters. The van der Waals surface area contributed by atoms with Crippen LogP contribution in [0.4, 0.5) is 9.80 Å². The topological polar surface area (TPSA) is 79.5 Å². The SMILES string of the molecule is COC(=O)c1c(NC(=O)NCc2c(Br)sc3c2CCNC3)sc2c1CCCC2. The molecule has 0 atom stereocenters. The highest BCUT2D eigenvalue weighted by Crippen LogP contribution is 2.39. The van der Waals surface area contributed by atoms with E-state index in [1.54, 1.807) is 11.3 Å². The van der Waals surface area contributed by atoms with Crippen molar-refractivity contribution in [3.05, 3.63) is 35.8 Å². The smallest absolute Gasteiger partial charge is 0.341 e. The van der Waals surface area contributed by atoms with E-state index in [2.05, 4.69) is 31.9 Å². The van der Waals surface area contributed by atoms with Gasteiger partial charge >= 0.3 is 12.0 Å². The number of hydrogen-bond donors (Lipinski definition) is 3. The molecule has 2 amide bonds. The molecular formula is C19H22BrN3O3S2. The van der Waals surface area contributed by atoms with Crippen molar-refractivity contribution in [1.29, 1.82) is 0 Å². The molecule has 0 saturated carbocycles. The van der Waals surface area contributed by atoms with Crippen LogP contribution in [0.25, 0.3) is 0 Å². The van der Waals surface area contributed by atoms with Crippen molar-refractivity contribution in [1.82, 2.24) is 10.6 Å². The summed E-state index contributed by atoms with van der Waals surface area (Å²) >= 11 is 6.85. The Morgan fingerprint density at radius 2 is 1.96 bits per heavy atom. The van der Waals surface area contributed by atoms with E-state index in [9.17, 15) is 9.59 Å². The number of nitrogens with one attached hydrogen (secondary N) is 3. The van der Waals surface area contributed by atoms with E-state index in [1.807, 2.05) is 0 Å². The van der Waals surface area contributed by atoms with Gasteiger partial charge in [-0.05, 0) is 71.3 Å². The molecule has 0 aromatic carbocycles. The number of ether oxygens (including phenoxy) is 1. The Hall–Kier alpha value is -1.42. The fraction of sp³-hybridized carbons (Fsp3) is 0.474. The number of carbonyl (C=O) groups excluding carboxylic acids is 2. The normalized spacial score (nSPS) is 15.5. The lowest BCUT2D eigenvalue weighted by molar-refractivity contribution is 0.0601. The zero-order valence-electron chi connectivity index (χ0n) is 15.6. The van der Waals surface area contributed by atoms with E-state index < -0.39 is 0 Å². The molecule has 2 aliphatic rings. The number of anilines is 1. The molecular weight excluding hydrogens is 462 g/mol. The molecule has 150 valence electrons. The van der Waals surface area contributed by atoms with Gasteiger partial charge in [0, 0.05) is 22.8 Å². The maximum atomic E-state index is 12.6. The molecule has 0 saturated heterocycles. The molecule has 0 bridgehead atoms. The second-order valence-corrected chi connectivity index (χ2v) is 10.4. The van der Waals surface area contributed by atoms with Crippen LogP contribution in [-0.4, -0.2) is 25.7 Å². The average Bonchev–Trinajstić information content (AvgIpc) is 3.22. The summed E-state index contributed by atoms with van der Waals surface area (Å²) in [5, 5.41) is 9.80. The maximum absolute atomic E-state index is 12.6. The van der Waals surface area contributed by atoms with Crippen LogP contribution in [-0.2, 0) is 37.1 Å². The van der Waals surface area contributed by atoms with Gasteiger partial charge in [0.15, 0.2) is 0 Å². The third-order valence-electron chi connectivity index (χ3n) is 5.20. The van der Waals surface area contributed by atoms with Gasteiger partial charge in [-0.25, -0.2) is 9.59 Å². The van der Waals surface area contributed by atoms with Gasteiger partial charge in [0.05, 0.1) is 16.5 Å². The predicted octanol–water partition coefficient (Wildman–Crippen LogP) is 4.20. The summed E-state index contributed by atoms with van der Waals surface area (Å²) in [6.45, 7) is 2.30. The standard InChI is InChI=1S/C19H22BrN3O3S2/c1-26-18(24)15-11-4-2-3-5-13(11)28-17(15)23-19(25)22-8-12-10-6-7-21-9-14(10)27-16(12)20/h21H,2-9H2,1H3,(H2,22,23,25). The molecule has 1 aliphatic carbocycles. The van der Waals surface area contributed by atoms with E-state index in [0.717, 1.165) is 60.1 Å². The Kier molecular flexibility index (Phi) is 6.05. The fourth-order valence-electron chi connectivity index (χ4n) is 3.83. The van der Waals surface area contributed by atoms with Gasteiger partial charge in [-0.15, -0.1) is 22.7 Å². The molecule has 2 aromatic rings. The monoisotopic (exact) mass is 483 g/mol. The lowest BCUT2D eigenvalue weighted by Crippen LogP contribution is -2.29. The van der Waals surface area contributed by atoms with E-state index in [1.165, 1.54) is 33.8 Å². The Morgan fingerprint density at radius 3 is 2.79 bits per heavy atom. The molecule has 6 nitrogen and oxygen atoms in total. The number of amides is 2. The first-order valence-corrected chi connectivity index (χ1v) is 11.8. The van der Waals surface area contributed by atoms with Crippen molar-refractivity contribution >= 4 is 55.6 Å². The summed E-state index contributed by atoms with van der Waals surface area (Å²) in [6.07, 6.45) is 4.97. The Morgan fingerprint density at radius 1 is 1.14 bits per heavy atom. The van der Waals surface area contributed by atoms with Crippen molar-refractivity contribution in [2.45, 2.75) is 45.2 Å². The largest absolute Gasteiger partial charge is 0.465 e. The number of hydrogen-bond acceptors (Lipinski definition) is 6. The highest BCUT2D eigenvalue weighted by molar-refractivity contribution is 9.11. The van der Waals surface area contributed by atoms with Crippen molar-refractivity contribution in [2.24, 2.45) is 0 Å². The van der Waals surface area contributed by atoms with Gasteiger partial charge in [-0.1, -0.05) is 0 Å². The summed E-state index contributed by atoms with van der Waals surface area (Å²) in [5.41, 5.74) is 4.05. The summed E-state index contributed by atoms with van der Waals surface area (Å²) in [7, 11) is 1.38. The molecule has 4 rings (SSSR count). The summed E-state index contributed by atoms with van der Waals surface area (Å²) in [6, 6.07) is -0.301. The van der Waals surface area contributed by atoms with Crippen LogP contribution < -0.4 is 16.0 Å². The lowest BCUT2D eigenvalue weighted by atomic mass is 9.95. The minimum Gasteiger partial charge on any atom is -0.465 e. The summed E-state index contributed by atoms with van der Waals surface area (Å²) in [5.74, 6) is -0.378. The molecule has 28 heavy (non-hydrogen) atoms. The highest BCUT2D eigenvalue weighted by atomic mass is 79.9. The average molecular weight is 484 g/mol. The zero-order chi connectivity index (χ0) is 19.7. The number of methoxy groups -OCH3 is 1. The summed E-state index contributed by atoms with van der Waals surface area (Å²) in [4.78, 5) is 27.4. The first-order chi connectivity index (χ1) is 13.6. The van der Waals surface area contributed by atoms with Crippen molar-refractivity contribution in [3.8, 4) is 0 Å². The molecule has 1 aliphatic heterocycles. The second-order valence-electron chi connectivity index (χ2n) is 6.90. The number of halogens is 1. The molecule has 9 heteroatoms. The lowest BCUT2D eigenvalue weighted by Gasteiger charge is -2.15. The molecule has 0 fully saturated rings. The van der Waals surface area contributed by atoms with Crippen molar-refractivity contribution in [2.75, 3.05) is 19.0 Å². The molecule has 2 aromatic heterocycles. The first kappa shape index (κ1) is 19.9. The predicted molar refractivity (Wildman–Crippen MR) is 116 cm³/mol. The van der Waals surface area contributed by atoms with Gasteiger partial charge in [0.2, 0.25) is 0 Å². The molecule has 3 N–H and O–H groups in total. The van der Waals surface area contributed by atoms with Crippen LogP contribution in [0.15, 0.2) is 3.79 Å². The number of esters is 1. The van der Waals surface area contributed by atoms with Gasteiger partial charge < -0.3 is 15.4 Å². The number of carbonyl (C=O) groups is 2. The third-order valence-corrected chi connectivity index (χ3v) is 8.44. The molecule has 3 heterocycles. The Labute approximate surface area is 180 Å². The van der Waals surface area contributed by atoms with E-state index in [4.69, 9.17) is 4.74 Å². The third kappa shape index (κ3) is 3.85. The zero-order valence-corrected chi connectivity index (χ0v) is 18.8. The van der Waals surface area contributed by atoms with Crippen molar-refractivity contribution < 1.29 is 14.3 Å². The minimum absolute atomic E-state index is 0.301. The second kappa shape index (κ2) is 8.52. The number of thiophene rings is 2. The van der Waals surface area contributed by atoms with Gasteiger partial charge in [0.1, 0.15) is 5.00 Å². The van der Waals surface area contributed by atoms with Crippen LogP contribution in [0, 0.1) is 0 Å². The Bertz CT molecular complexity index is 922. The first-order valence-electron chi connectivity index (χ1n) is 9.35. The number of rotatable bonds is 4. The number of urea groups is 1. The maximum Gasteiger partial charge on any atom is 0.341 e. The van der Waals surface area contributed by atoms with Crippen molar-refractivity contribution in [3.63, 3.8) is 0 Å². The fourth-order valence-corrected chi connectivity index (χ4v) is 7.13. The highest BCUT2D eigenvalue weighted by Gasteiger charge is 2.27. The van der Waals surface area contributed by atoms with Gasteiger partial charge in [-0.3, -0.25) is 5.32 Å². The van der Waals surface area contributed by atoms with Crippen LogP contribution in [0.1, 0.15) is 49.6 Å². The van der Waals surface area contributed by atoms with E-state index >= 15 is 0 Å². The van der Waals surface area contributed by atoms with E-state index in [-0.39, 0.29) is 12.0 Å². The molecule has 0 radical (unpaired) electrons. The van der Waals surface area contributed by atoms with Gasteiger partial charge in [0.25, 0.3) is 0 Å². The van der Waals surface area contributed by atoms with E-state index in [0.29, 0.717) is 17.1 Å². The molecule has 0 spiro atoms. The Balaban J connectivity index is 1.48. The minimum atomic E-state index is -0.378. The number of fused-ring (bicyclic) bond motifs is 2. The van der Waals surface area contributed by atoms with Crippen LogP contribution >= 0.6 is 38.6 Å². The van der Waals surface area contributed by atoms with Crippen LogP contribution in [0.2, 0.25) is 0 Å². The van der Waals surface area contributed by atoms with Crippen LogP contribution in [0.3, 0.4) is 0 Å². The summed E-state index contributed by atoms with van der Waals surface area (Å²) < 4.78 is 6.04.